The number of rotatable bonds is 4. The molecule has 1 fully saturated rings. The summed E-state index contributed by atoms with van der Waals surface area (Å²) in [5.74, 6) is 0.363. The third-order valence-electron chi connectivity index (χ3n) is 4.99. The first-order valence-corrected chi connectivity index (χ1v) is 10.2. The van der Waals surface area contributed by atoms with E-state index in [9.17, 15) is 9.59 Å². The first-order valence-electron chi connectivity index (χ1n) is 9.36. The molecule has 1 unspecified atom stereocenters. The van der Waals surface area contributed by atoms with Gasteiger partial charge in [0.15, 0.2) is 0 Å². The minimum atomic E-state index is -0.402. The van der Waals surface area contributed by atoms with Crippen LogP contribution in [0.4, 0.5) is 5.95 Å². The molecule has 3 aromatic rings. The summed E-state index contributed by atoms with van der Waals surface area (Å²) in [7, 11) is 1.62. The maximum atomic E-state index is 12.7. The Labute approximate surface area is 172 Å². The number of carbonyl (C=O) groups excluding carboxylic acids is 2. The topological polar surface area (TPSA) is 88.8 Å². The fourth-order valence-corrected chi connectivity index (χ4v) is 4.29. The molecule has 2 aromatic heterocycles. The first-order chi connectivity index (χ1) is 13.8. The Morgan fingerprint density at radius 3 is 2.83 bits per heavy atom. The molecule has 2 amide bonds. The van der Waals surface area contributed by atoms with Gasteiger partial charge in [-0.15, -0.1) is 16.4 Å². The zero-order chi connectivity index (χ0) is 20.8. The normalized spacial score (nSPS) is 17.2. The van der Waals surface area contributed by atoms with Crippen molar-refractivity contribution in [1.82, 2.24) is 19.5 Å². The number of hydrogen-bond donors (Lipinski definition) is 1. The van der Waals surface area contributed by atoms with Gasteiger partial charge in [-0.2, -0.15) is 4.98 Å². The summed E-state index contributed by atoms with van der Waals surface area (Å²) >= 11 is 1.44. The number of ether oxygens (including phenoxy) is 1. The van der Waals surface area contributed by atoms with Gasteiger partial charge in [-0.1, -0.05) is 12.1 Å². The van der Waals surface area contributed by atoms with Gasteiger partial charge in [-0.3, -0.25) is 14.9 Å². The number of nitrogens with one attached hydrogen (secondary N) is 1. The predicted molar refractivity (Wildman–Crippen MR) is 111 cm³/mol. The van der Waals surface area contributed by atoms with Crippen molar-refractivity contribution < 1.29 is 14.3 Å². The summed E-state index contributed by atoms with van der Waals surface area (Å²) in [5.41, 5.74) is 1.51. The average molecular weight is 414 g/mol. The van der Waals surface area contributed by atoms with E-state index in [-0.39, 0.29) is 29.7 Å². The fourth-order valence-electron chi connectivity index (χ4n) is 3.46. The molecule has 1 aliphatic heterocycles. The molecule has 3 heterocycles. The molecular weight excluding hydrogens is 390 g/mol. The molecule has 0 aliphatic carbocycles. The highest BCUT2D eigenvalue weighted by atomic mass is 32.1. The van der Waals surface area contributed by atoms with E-state index in [0.29, 0.717) is 11.5 Å². The van der Waals surface area contributed by atoms with E-state index < -0.39 is 5.92 Å². The van der Waals surface area contributed by atoms with Crippen molar-refractivity contribution in [3.8, 4) is 17.0 Å². The molecule has 9 heteroatoms. The lowest BCUT2D eigenvalue weighted by Crippen LogP contribution is -2.42. The molecule has 1 aromatic carbocycles. The van der Waals surface area contributed by atoms with Crippen LogP contribution in [0.1, 0.15) is 27.2 Å². The average Bonchev–Trinajstić information content (AvgIpc) is 3.35. The zero-order valence-corrected chi connectivity index (χ0v) is 17.6. The molecule has 0 radical (unpaired) electrons. The number of hydrogen-bond acceptors (Lipinski definition) is 6. The van der Waals surface area contributed by atoms with E-state index >= 15 is 0 Å². The van der Waals surface area contributed by atoms with Crippen LogP contribution in [0.25, 0.3) is 16.2 Å². The predicted octanol–water partition coefficient (Wildman–Crippen LogP) is 3.05. The van der Waals surface area contributed by atoms with Crippen LogP contribution in [-0.2, 0) is 9.59 Å². The van der Waals surface area contributed by atoms with E-state index in [1.165, 1.54) is 11.3 Å². The second-order valence-corrected chi connectivity index (χ2v) is 8.88. The largest absolute Gasteiger partial charge is 0.497 e. The number of amides is 2. The van der Waals surface area contributed by atoms with Crippen molar-refractivity contribution in [3.05, 3.63) is 29.6 Å². The Morgan fingerprint density at radius 1 is 1.34 bits per heavy atom. The molecule has 1 aliphatic rings. The third-order valence-corrected chi connectivity index (χ3v) is 5.80. The van der Waals surface area contributed by atoms with E-state index in [4.69, 9.17) is 4.74 Å². The number of benzene rings is 1. The number of anilines is 1. The number of methoxy groups -OCH3 is 1. The van der Waals surface area contributed by atoms with E-state index in [1.807, 2.05) is 50.4 Å². The van der Waals surface area contributed by atoms with Crippen LogP contribution in [0.15, 0.2) is 29.6 Å². The van der Waals surface area contributed by atoms with Crippen molar-refractivity contribution in [2.24, 2.45) is 5.92 Å². The van der Waals surface area contributed by atoms with Crippen molar-refractivity contribution in [2.45, 2.75) is 32.7 Å². The second kappa shape index (κ2) is 7.14. The minimum Gasteiger partial charge on any atom is -0.497 e. The van der Waals surface area contributed by atoms with E-state index in [1.54, 1.807) is 16.5 Å². The minimum absolute atomic E-state index is 0.00301. The lowest BCUT2D eigenvalue weighted by atomic mass is 10.1. The van der Waals surface area contributed by atoms with Gasteiger partial charge in [0.25, 0.3) is 0 Å². The number of carbonyl (C=O) groups is 2. The number of fused-ring (bicyclic) bond motifs is 1. The summed E-state index contributed by atoms with van der Waals surface area (Å²) in [5, 5.41) is 9.19. The molecule has 152 valence electrons. The van der Waals surface area contributed by atoms with Crippen LogP contribution < -0.4 is 10.1 Å². The number of thiazole rings is 1. The van der Waals surface area contributed by atoms with Crippen LogP contribution in [0.5, 0.6) is 5.75 Å². The fraction of sp³-hybridized carbons (Fsp3) is 0.400. The van der Waals surface area contributed by atoms with E-state index in [0.717, 1.165) is 17.0 Å². The molecule has 0 bridgehead atoms. The maximum absolute atomic E-state index is 12.7. The Kier molecular flexibility index (Phi) is 4.77. The van der Waals surface area contributed by atoms with Gasteiger partial charge in [-0.05, 0) is 32.9 Å². The lowest BCUT2D eigenvalue weighted by molar-refractivity contribution is -0.131. The highest BCUT2D eigenvalue weighted by molar-refractivity contribution is 7.15. The summed E-state index contributed by atoms with van der Waals surface area (Å²) in [6.45, 7) is 6.31. The molecular formula is C20H23N5O3S. The highest BCUT2D eigenvalue weighted by Crippen LogP contribution is 2.29. The molecule has 0 saturated carbocycles. The van der Waals surface area contributed by atoms with Crippen LogP contribution in [0, 0.1) is 5.92 Å². The second-order valence-electron chi connectivity index (χ2n) is 8.05. The Bertz CT molecular complexity index is 1080. The van der Waals surface area contributed by atoms with Crippen molar-refractivity contribution in [3.63, 3.8) is 0 Å². The summed E-state index contributed by atoms with van der Waals surface area (Å²) in [4.78, 5) is 31.8. The quantitative estimate of drug-likeness (QED) is 0.710. The third kappa shape index (κ3) is 3.69. The molecule has 4 rings (SSSR count). The van der Waals surface area contributed by atoms with Gasteiger partial charge in [0.2, 0.25) is 22.7 Å². The van der Waals surface area contributed by atoms with Crippen LogP contribution in [0.3, 0.4) is 0 Å². The molecule has 8 nitrogen and oxygen atoms in total. The lowest BCUT2D eigenvalue weighted by Gasteiger charge is -2.31. The van der Waals surface area contributed by atoms with Crippen LogP contribution in [-0.4, -0.2) is 50.5 Å². The monoisotopic (exact) mass is 413 g/mol. The Balaban J connectivity index is 1.53. The standard InChI is InChI=1S/C20H23N5O3S/c1-20(2,3)24-10-13(9-16(24)26)17(27)21-18-22-19-25(23-18)15(11-29-19)12-6-5-7-14(8-12)28-4/h5-8,11,13H,9-10H2,1-4H3,(H,21,23,27). The van der Waals surface area contributed by atoms with Gasteiger partial charge in [0.1, 0.15) is 5.75 Å². The number of nitrogens with zero attached hydrogens (tertiary/aromatic N) is 4. The SMILES string of the molecule is COc1cccc(-c2csc3nc(NC(=O)C4CC(=O)N(C(C)(C)C)C4)nn23)c1. The first kappa shape index (κ1) is 19.4. The van der Waals surface area contributed by atoms with Crippen molar-refractivity contribution >= 4 is 34.1 Å². The Morgan fingerprint density at radius 2 is 2.14 bits per heavy atom. The number of likely N-dealkylation sites (tertiary alicyclic amines) is 1. The number of aromatic nitrogens is 3. The van der Waals surface area contributed by atoms with Gasteiger partial charge in [0, 0.05) is 29.4 Å². The molecule has 1 saturated heterocycles. The summed E-state index contributed by atoms with van der Waals surface area (Å²) in [6, 6.07) is 7.68. The van der Waals surface area contributed by atoms with Crippen molar-refractivity contribution in [2.75, 3.05) is 19.0 Å². The van der Waals surface area contributed by atoms with Gasteiger partial charge >= 0.3 is 0 Å². The smallest absolute Gasteiger partial charge is 0.250 e. The molecule has 29 heavy (non-hydrogen) atoms. The van der Waals surface area contributed by atoms with Gasteiger partial charge < -0.3 is 9.64 Å². The van der Waals surface area contributed by atoms with Crippen LogP contribution >= 0.6 is 11.3 Å². The summed E-state index contributed by atoms with van der Waals surface area (Å²) in [6.07, 6.45) is 0.209. The van der Waals surface area contributed by atoms with Gasteiger partial charge in [0.05, 0.1) is 18.7 Å². The molecule has 0 spiro atoms. The summed E-state index contributed by atoms with van der Waals surface area (Å²) < 4.78 is 7.00. The maximum Gasteiger partial charge on any atom is 0.250 e. The van der Waals surface area contributed by atoms with Crippen molar-refractivity contribution in [1.29, 1.82) is 0 Å². The highest BCUT2D eigenvalue weighted by Gasteiger charge is 2.39. The molecule has 1 N–H and O–H groups in total. The van der Waals surface area contributed by atoms with Gasteiger partial charge in [-0.25, -0.2) is 4.52 Å². The van der Waals surface area contributed by atoms with E-state index in [2.05, 4.69) is 15.4 Å². The molecule has 1 atom stereocenters. The van der Waals surface area contributed by atoms with Crippen LogP contribution in [0.2, 0.25) is 0 Å². The zero-order valence-electron chi connectivity index (χ0n) is 16.8. The Hall–Kier alpha value is -2.94.